The summed E-state index contributed by atoms with van der Waals surface area (Å²) in [5, 5.41) is 10.0. The second-order valence-corrected chi connectivity index (χ2v) is 5.40. The summed E-state index contributed by atoms with van der Waals surface area (Å²) in [5.41, 5.74) is 3.14. The van der Waals surface area contributed by atoms with E-state index in [0.29, 0.717) is 5.69 Å². The lowest BCUT2D eigenvalue weighted by molar-refractivity contribution is 0.463. The van der Waals surface area contributed by atoms with E-state index >= 15 is 0 Å². The molecule has 20 heavy (non-hydrogen) atoms. The molecule has 0 bridgehead atoms. The summed E-state index contributed by atoms with van der Waals surface area (Å²) in [7, 11) is 3.95. The van der Waals surface area contributed by atoms with Crippen LogP contribution in [0, 0.1) is 0 Å². The highest BCUT2D eigenvalue weighted by Gasteiger charge is 2.15. The van der Waals surface area contributed by atoms with Gasteiger partial charge in [-0.15, -0.1) is 0 Å². The molecule has 2 rings (SSSR count). The summed E-state index contributed by atoms with van der Waals surface area (Å²) >= 11 is 0. The molecule has 0 aliphatic rings. The number of nitrogens with zero attached hydrogens (tertiary/aromatic N) is 1. The van der Waals surface area contributed by atoms with Crippen molar-refractivity contribution >= 4 is 5.69 Å². The molecule has 2 aromatic rings. The Balaban J connectivity index is 2.59. The molecule has 1 heterocycles. The van der Waals surface area contributed by atoms with Gasteiger partial charge in [0.05, 0.1) is 5.69 Å². The Morgan fingerprint density at radius 2 is 1.75 bits per heavy atom. The monoisotopic (exact) mass is 272 g/mol. The van der Waals surface area contributed by atoms with Gasteiger partial charge in [-0.1, -0.05) is 26.0 Å². The zero-order valence-electron chi connectivity index (χ0n) is 12.3. The number of aromatic hydroxyl groups is 1. The molecule has 4 nitrogen and oxygen atoms in total. The SMILES string of the molecule is CC(C)c1c(O)cc(=O)[nH]c1-c1ccc(N(C)C)cc1. The van der Waals surface area contributed by atoms with E-state index in [9.17, 15) is 9.90 Å². The molecule has 0 saturated carbocycles. The summed E-state index contributed by atoms with van der Waals surface area (Å²) in [6.45, 7) is 3.98. The van der Waals surface area contributed by atoms with Crippen molar-refractivity contribution in [3.63, 3.8) is 0 Å². The number of benzene rings is 1. The first-order valence-corrected chi connectivity index (χ1v) is 6.64. The molecule has 0 amide bonds. The zero-order chi connectivity index (χ0) is 14.9. The van der Waals surface area contributed by atoms with E-state index in [-0.39, 0.29) is 17.2 Å². The Kier molecular flexibility index (Phi) is 3.84. The number of nitrogens with one attached hydrogen (secondary N) is 1. The summed E-state index contributed by atoms with van der Waals surface area (Å²) in [6, 6.07) is 9.11. The van der Waals surface area contributed by atoms with Crippen LogP contribution in [0.5, 0.6) is 5.75 Å². The third-order valence-electron chi connectivity index (χ3n) is 3.31. The van der Waals surface area contributed by atoms with Gasteiger partial charge >= 0.3 is 0 Å². The van der Waals surface area contributed by atoms with E-state index in [4.69, 9.17) is 0 Å². The van der Waals surface area contributed by atoms with E-state index < -0.39 is 0 Å². The smallest absolute Gasteiger partial charge is 0.252 e. The van der Waals surface area contributed by atoms with Crippen molar-refractivity contribution in [1.29, 1.82) is 0 Å². The number of hydrogen-bond acceptors (Lipinski definition) is 3. The molecular formula is C16H20N2O2. The lowest BCUT2D eigenvalue weighted by Crippen LogP contribution is -2.10. The van der Waals surface area contributed by atoms with Crippen LogP contribution in [0.25, 0.3) is 11.3 Å². The van der Waals surface area contributed by atoms with Crippen LogP contribution in [-0.2, 0) is 0 Å². The first kappa shape index (κ1) is 14.2. The molecule has 0 saturated heterocycles. The summed E-state index contributed by atoms with van der Waals surface area (Å²) in [4.78, 5) is 16.5. The maximum atomic E-state index is 11.6. The molecule has 0 unspecified atom stereocenters. The second kappa shape index (κ2) is 5.41. The van der Waals surface area contributed by atoms with Gasteiger partial charge in [0.25, 0.3) is 5.56 Å². The molecule has 1 aromatic carbocycles. The van der Waals surface area contributed by atoms with Gasteiger partial charge in [0.15, 0.2) is 0 Å². The molecule has 0 fully saturated rings. The van der Waals surface area contributed by atoms with Gasteiger partial charge in [0.1, 0.15) is 5.75 Å². The average Bonchev–Trinajstić information content (AvgIpc) is 2.37. The fourth-order valence-electron chi connectivity index (χ4n) is 2.29. The third-order valence-corrected chi connectivity index (χ3v) is 3.31. The Bertz CT molecular complexity index is 655. The predicted molar refractivity (Wildman–Crippen MR) is 82.6 cm³/mol. The van der Waals surface area contributed by atoms with Crippen molar-refractivity contribution in [2.75, 3.05) is 19.0 Å². The van der Waals surface area contributed by atoms with Gasteiger partial charge in [0.2, 0.25) is 0 Å². The largest absolute Gasteiger partial charge is 0.507 e. The molecule has 1 aromatic heterocycles. The average molecular weight is 272 g/mol. The number of pyridine rings is 1. The van der Waals surface area contributed by atoms with Crippen LogP contribution in [0.4, 0.5) is 5.69 Å². The van der Waals surface area contributed by atoms with E-state index in [0.717, 1.165) is 16.8 Å². The van der Waals surface area contributed by atoms with Gasteiger partial charge in [-0.05, 0) is 23.6 Å². The van der Waals surface area contributed by atoms with Gasteiger partial charge in [0, 0.05) is 31.4 Å². The minimum absolute atomic E-state index is 0.0513. The van der Waals surface area contributed by atoms with Crippen molar-refractivity contribution < 1.29 is 5.11 Å². The van der Waals surface area contributed by atoms with Crippen molar-refractivity contribution in [3.8, 4) is 17.0 Å². The Hall–Kier alpha value is -2.23. The van der Waals surface area contributed by atoms with Gasteiger partial charge < -0.3 is 15.0 Å². The number of H-pyrrole nitrogens is 1. The highest BCUT2D eigenvalue weighted by atomic mass is 16.3. The first-order chi connectivity index (χ1) is 9.40. The Morgan fingerprint density at radius 1 is 1.15 bits per heavy atom. The second-order valence-electron chi connectivity index (χ2n) is 5.40. The molecule has 106 valence electrons. The zero-order valence-corrected chi connectivity index (χ0v) is 12.3. The summed E-state index contributed by atoms with van der Waals surface area (Å²) < 4.78 is 0. The lowest BCUT2D eigenvalue weighted by atomic mass is 9.96. The minimum Gasteiger partial charge on any atom is -0.507 e. The molecule has 0 aliphatic heterocycles. The van der Waals surface area contributed by atoms with E-state index in [1.165, 1.54) is 6.07 Å². The highest BCUT2D eigenvalue weighted by Crippen LogP contribution is 2.33. The van der Waals surface area contributed by atoms with Crippen molar-refractivity contribution in [1.82, 2.24) is 4.98 Å². The molecule has 0 aliphatic carbocycles. The summed E-state index contributed by atoms with van der Waals surface area (Å²) in [5.74, 6) is 0.172. The van der Waals surface area contributed by atoms with Gasteiger partial charge in [-0.25, -0.2) is 0 Å². The summed E-state index contributed by atoms with van der Waals surface area (Å²) in [6.07, 6.45) is 0. The lowest BCUT2D eigenvalue weighted by Gasteiger charge is -2.16. The van der Waals surface area contributed by atoms with Crippen LogP contribution < -0.4 is 10.5 Å². The van der Waals surface area contributed by atoms with Gasteiger partial charge in [-0.2, -0.15) is 0 Å². The molecule has 4 heteroatoms. The molecule has 0 atom stereocenters. The molecular weight excluding hydrogens is 252 g/mol. The topological polar surface area (TPSA) is 56.3 Å². The fourth-order valence-corrected chi connectivity index (χ4v) is 2.29. The van der Waals surface area contributed by atoms with Crippen LogP contribution in [0.15, 0.2) is 35.1 Å². The molecule has 0 spiro atoms. The normalized spacial score (nSPS) is 10.8. The fraction of sp³-hybridized carbons (Fsp3) is 0.312. The van der Waals surface area contributed by atoms with Gasteiger partial charge in [-0.3, -0.25) is 4.79 Å². The highest BCUT2D eigenvalue weighted by molar-refractivity contribution is 5.68. The third kappa shape index (κ3) is 2.69. The Morgan fingerprint density at radius 3 is 2.25 bits per heavy atom. The molecule has 2 N–H and O–H groups in total. The van der Waals surface area contributed by atoms with Crippen LogP contribution in [-0.4, -0.2) is 24.2 Å². The maximum absolute atomic E-state index is 11.6. The van der Waals surface area contributed by atoms with Crippen LogP contribution in [0.1, 0.15) is 25.3 Å². The van der Waals surface area contributed by atoms with Crippen LogP contribution in [0.2, 0.25) is 0 Å². The number of hydrogen-bond donors (Lipinski definition) is 2. The van der Waals surface area contributed by atoms with Crippen molar-refractivity contribution in [2.24, 2.45) is 0 Å². The van der Waals surface area contributed by atoms with Crippen LogP contribution >= 0.6 is 0 Å². The number of rotatable bonds is 3. The maximum Gasteiger partial charge on any atom is 0.252 e. The first-order valence-electron chi connectivity index (χ1n) is 6.64. The standard InChI is InChI=1S/C16H20N2O2/c1-10(2)15-13(19)9-14(20)17-16(15)11-5-7-12(8-6-11)18(3)4/h5-10H,1-4H3,(H2,17,19,20). The Labute approximate surface area is 118 Å². The minimum atomic E-state index is -0.293. The van der Waals surface area contributed by atoms with Crippen molar-refractivity contribution in [2.45, 2.75) is 19.8 Å². The number of aromatic nitrogens is 1. The van der Waals surface area contributed by atoms with E-state index in [1.807, 2.05) is 57.1 Å². The predicted octanol–water partition coefficient (Wildman–Crippen LogP) is 2.94. The number of aromatic amines is 1. The van der Waals surface area contributed by atoms with Crippen LogP contribution in [0.3, 0.4) is 0 Å². The van der Waals surface area contributed by atoms with E-state index in [2.05, 4.69) is 4.98 Å². The quantitative estimate of drug-likeness (QED) is 0.903. The molecule has 0 radical (unpaired) electrons. The number of anilines is 1. The van der Waals surface area contributed by atoms with E-state index in [1.54, 1.807) is 0 Å². The van der Waals surface area contributed by atoms with Crippen molar-refractivity contribution in [3.05, 3.63) is 46.2 Å².